The molecule has 3 heterocycles. The topological polar surface area (TPSA) is 143 Å². The van der Waals surface area contributed by atoms with Crippen LogP contribution in [-0.2, 0) is 16.0 Å². The number of hydrogen-bond donors (Lipinski definition) is 4. The molecule has 0 spiro atoms. The summed E-state index contributed by atoms with van der Waals surface area (Å²) in [7, 11) is 0. The van der Waals surface area contributed by atoms with E-state index in [1.165, 1.54) is 19.1 Å². The first-order valence-electron chi connectivity index (χ1n) is 13.3. The lowest BCUT2D eigenvalue weighted by Gasteiger charge is -2.36. The number of carbonyl (C=O) groups excluding carboxylic acids is 3. The van der Waals surface area contributed by atoms with Crippen molar-refractivity contribution in [2.45, 2.75) is 44.5 Å². The van der Waals surface area contributed by atoms with Crippen LogP contribution < -0.4 is 10.2 Å². The van der Waals surface area contributed by atoms with Gasteiger partial charge in [-0.25, -0.2) is 14.5 Å². The lowest BCUT2D eigenvalue weighted by molar-refractivity contribution is -0.141. The number of urea groups is 1. The average Bonchev–Trinajstić information content (AvgIpc) is 3.45. The number of carboxylic acid groups (broad SMARTS) is 1. The van der Waals surface area contributed by atoms with Gasteiger partial charge in [0.15, 0.2) is 6.04 Å². The highest BCUT2D eigenvalue weighted by molar-refractivity contribution is 6.24. The summed E-state index contributed by atoms with van der Waals surface area (Å²) < 4.78 is 0. The molecule has 208 valence electrons. The van der Waals surface area contributed by atoms with Crippen molar-refractivity contribution in [1.82, 2.24) is 15.2 Å². The minimum atomic E-state index is -1.57. The molecule has 1 fully saturated rings. The number of nitrogens with one attached hydrogen (secondary N) is 2. The van der Waals surface area contributed by atoms with E-state index in [9.17, 15) is 29.4 Å². The molecular formula is C31H28N4O6. The number of benzene rings is 3. The number of anilines is 1. The van der Waals surface area contributed by atoms with Crippen LogP contribution in [0.5, 0.6) is 0 Å². The molecule has 2 aliphatic rings. The number of aryl methyl sites for hydroxylation is 1. The summed E-state index contributed by atoms with van der Waals surface area (Å²) >= 11 is 0. The number of imide groups is 1. The van der Waals surface area contributed by atoms with Gasteiger partial charge in [0, 0.05) is 23.0 Å². The molecule has 4 atom stereocenters. The number of hydrogen-bond acceptors (Lipinski definition) is 5. The van der Waals surface area contributed by atoms with Gasteiger partial charge in [0.2, 0.25) is 0 Å². The zero-order chi connectivity index (χ0) is 29.0. The summed E-state index contributed by atoms with van der Waals surface area (Å²) in [6, 6.07) is 18.1. The van der Waals surface area contributed by atoms with Gasteiger partial charge in [-0.3, -0.25) is 14.5 Å². The summed E-state index contributed by atoms with van der Waals surface area (Å²) in [4.78, 5) is 59.1. The van der Waals surface area contributed by atoms with Gasteiger partial charge in [-0.1, -0.05) is 60.2 Å². The largest absolute Gasteiger partial charge is 0.480 e. The Bertz CT molecular complexity index is 1710. The van der Waals surface area contributed by atoms with E-state index in [1.54, 1.807) is 17.0 Å². The van der Waals surface area contributed by atoms with E-state index in [2.05, 4.69) is 10.3 Å². The molecular weight excluding hydrogens is 524 g/mol. The molecule has 6 rings (SSSR count). The van der Waals surface area contributed by atoms with Crippen molar-refractivity contribution in [3.05, 3.63) is 101 Å². The number of carboxylic acids is 1. The van der Waals surface area contributed by atoms with Crippen LogP contribution in [0.3, 0.4) is 0 Å². The predicted octanol–water partition coefficient (Wildman–Crippen LogP) is 3.52. The van der Waals surface area contributed by atoms with E-state index in [0.717, 1.165) is 38.2 Å². The molecule has 0 unspecified atom stereocenters. The molecule has 4 amide bonds. The zero-order valence-electron chi connectivity index (χ0n) is 22.4. The molecule has 10 nitrogen and oxygen atoms in total. The Hall–Kier alpha value is -4.96. The smallest absolute Gasteiger partial charge is 0.332 e. The van der Waals surface area contributed by atoms with Crippen molar-refractivity contribution in [2.24, 2.45) is 0 Å². The molecule has 10 heteroatoms. The van der Waals surface area contributed by atoms with Crippen molar-refractivity contribution < 1.29 is 29.4 Å². The predicted molar refractivity (Wildman–Crippen MR) is 151 cm³/mol. The van der Waals surface area contributed by atoms with Crippen LogP contribution in [0.4, 0.5) is 10.5 Å². The zero-order valence-corrected chi connectivity index (χ0v) is 22.4. The minimum absolute atomic E-state index is 0.0420. The Morgan fingerprint density at radius 2 is 1.68 bits per heavy atom. The number of amides is 4. The van der Waals surface area contributed by atoms with Gasteiger partial charge in [-0.2, -0.15) is 0 Å². The number of aromatic nitrogens is 1. The van der Waals surface area contributed by atoms with Gasteiger partial charge in [-0.15, -0.1) is 0 Å². The highest BCUT2D eigenvalue weighted by Gasteiger charge is 2.53. The molecule has 1 saturated heterocycles. The fourth-order valence-electron chi connectivity index (χ4n) is 5.86. The van der Waals surface area contributed by atoms with E-state index >= 15 is 0 Å². The standard InChI is InChI=1S/C31H28N4O6/c1-16-11-13-18(14-12-16)27-26-21(19-7-3-5-9-22(19)32-26)15-24-29(38)35(31(41)34(24)27)23-10-6-4-8-20(23)28(37)33-25(17(2)36)30(39)40/h3-14,17,24-25,27,32,36H,15H2,1-2H3,(H,33,37)(H,39,40)/t17-,24-,25-,27+/m0/s1. The second-order valence-corrected chi connectivity index (χ2v) is 10.5. The summed E-state index contributed by atoms with van der Waals surface area (Å²) in [5, 5.41) is 22.6. The lowest BCUT2D eigenvalue weighted by Crippen LogP contribution is -2.48. The molecule has 1 aromatic heterocycles. The molecule has 0 bridgehead atoms. The quantitative estimate of drug-likeness (QED) is 0.270. The van der Waals surface area contributed by atoms with Crippen molar-refractivity contribution in [1.29, 1.82) is 0 Å². The van der Waals surface area contributed by atoms with Gasteiger partial charge >= 0.3 is 12.0 Å². The Labute approximate surface area is 235 Å². The monoisotopic (exact) mass is 552 g/mol. The SMILES string of the molecule is Cc1ccc([C@@H]2c3[nH]c4ccccc4c3C[C@H]3C(=O)N(c4ccccc4C(=O)N[C@H](C(=O)O)[C@H](C)O)C(=O)N23)cc1. The van der Waals surface area contributed by atoms with Crippen LogP contribution in [0.1, 0.15) is 45.7 Å². The third-order valence-corrected chi connectivity index (χ3v) is 7.87. The fourth-order valence-corrected chi connectivity index (χ4v) is 5.86. The molecule has 4 N–H and O–H groups in total. The van der Waals surface area contributed by atoms with E-state index in [-0.39, 0.29) is 11.3 Å². The third kappa shape index (κ3) is 4.23. The Kier molecular flexibility index (Phi) is 6.34. The maximum atomic E-state index is 14.2. The first-order chi connectivity index (χ1) is 19.7. The maximum Gasteiger partial charge on any atom is 0.332 e. The first-order valence-corrected chi connectivity index (χ1v) is 13.3. The van der Waals surface area contributed by atoms with Crippen LogP contribution in [0.25, 0.3) is 10.9 Å². The summed E-state index contributed by atoms with van der Waals surface area (Å²) in [6.45, 7) is 3.22. The van der Waals surface area contributed by atoms with Crippen LogP contribution in [0, 0.1) is 6.92 Å². The first kappa shape index (κ1) is 26.3. The van der Waals surface area contributed by atoms with Gasteiger partial charge in [-0.05, 0) is 43.2 Å². The molecule has 41 heavy (non-hydrogen) atoms. The number of para-hydroxylation sites is 2. The number of aliphatic hydroxyl groups is 1. The second-order valence-electron chi connectivity index (χ2n) is 10.5. The number of aliphatic hydroxyl groups excluding tert-OH is 1. The van der Waals surface area contributed by atoms with Gasteiger partial charge in [0.05, 0.1) is 17.4 Å². The number of fused-ring (bicyclic) bond motifs is 4. The summed E-state index contributed by atoms with van der Waals surface area (Å²) in [5.41, 5.74) is 4.59. The third-order valence-electron chi connectivity index (χ3n) is 7.87. The normalized spacial score (nSPS) is 19.6. The maximum absolute atomic E-state index is 14.2. The molecule has 0 saturated carbocycles. The van der Waals surface area contributed by atoms with E-state index in [1.807, 2.05) is 55.5 Å². The lowest BCUT2D eigenvalue weighted by atomic mass is 9.88. The van der Waals surface area contributed by atoms with Crippen LogP contribution in [-0.4, -0.2) is 62.1 Å². The summed E-state index contributed by atoms with van der Waals surface area (Å²) in [5.74, 6) is -2.72. The van der Waals surface area contributed by atoms with Crippen molar-refractivity contribution >= 4 is 40.4 Å². The summed E-state index contributed by atoms with van der Waals surface area (Å²) in [6.07, 6.45) is -1.08. The molecule has 3 aromatic carbocycles. The highest BCUT2D eigenvalue weighted by atomic mass is 16.4. The average molecular weight is 553 g/mol. The van der Waals surface area contributed by atoms with Crippen LogP contribution >= 0.6 is 0 Å². The van der Waals surface area contributed by atoms with E-state index < -0.39 is 48.0 Å². The van der Waals surface area contributed by atoms with Gasteiger partial charge in [0.25, 0.3) is 11.8 Å². The van der Waals surface area contributed by atoms with Crippen molar-refractivity contribution in [3.8, 4) is 0 Å². The fraction of sp³-hybridized carbons (Fsp3) is 0.226. The minimum Gasteiger partial charge on any atom is -0.480 e. The Morgan fingerprint density at radius 3 is 2.39 bits per heavy atom. The number of aromatic amines is 1. The number of rotatable bonds is 6. The van der Waals surface area contributed by atoms with Crippen LogP contribution in [0.15, 0.2) is 72.8 Å². The Morgan fingerprint density at radius 1 is 1.00 bits per heavy atom. The van der Waals surface area contributed by atoms with Crippen molar-refractivity contribution in [3.63, 3.8) is 0 Å². The molecule has 0 aliphatic carbocycles. The van der Waals surface area contributed by atoms with E-state index in [0.29, 0.717) is 6.42 Å². The molecule has 2 aliphatic heterocycles. The van der Waals surface area contributed by atoms with Crippen LogP contribution in [0.2, 0.25) is 0 Å². The van der Waals surface area contributed by atoms with Crippen molar-refractivity contribution in [2.75, 3.05) is 4.90 Å². The molecule has 4 aromatic rings. The number of aliphatic carboxylic acids is 1. The Balaban J connectivity index is 1.44. The van der Waals surface area contributed by atoms with Gasteiger partial charge in [0.1, 0.15) is 12.1 Å². The van der Waals surface area contributed by atoms with Gasteiger partial charge < -0.3 is 20.5 Å². The number of nitrogens with zero attached hydrogens (tertiary/aromatic N) is 2. The highest BCUT2D eigenvalue weighted by Crippen LogP contribution is 2.45. The van der Waals surface area contributed by atoms with E-state index in [4.69, 9.17) is 0 Å². The second kappa shape index (κ2) is 9.90. The molecule has 0 radical (unpaired) electrons. The number of H-pyrrole nitrogens is 1. The number of carbonyl (C=O) groups is 4.